The van der Waals surface area contributed by atoms with Crippen molar-refractivity contribution in [2.45, 2.75) is 26.3 Å². The first-order valence-electron chi connectivity index (χ1n) is 10.9. The van der Waals surface area contributed by atoms with Crippen LogP contribution >= 0.6 is 11.6 Å². The van der Waals surface area contributed by atoms with Crippen molar-refractivity contribution < 1.29 is 4.79 Å². The van der Waals surface area contributed by atoms with E-state index in [-0.39, 0.29) is 5.91 Å². The first kappa shape index (κ1) is 22.3. The number of carbonyl (C=O) groups excluding carboxylic acids is 1. The molecule has 0 spiro atoms. The van der Waals surface area contributed by atoms with E-state index in [0.29, 0.717) is 11.6 Å². The standard InChI is InChI=1S/C26H29ClN4O/c1-18-25(26(32)30-15-14-24(17-30)29(3)4)19(2)31(28-18)23-7-5-6-21(16-23)9-8-20-10-12-22(27)13-11-20/h5-13,16,24H,14-15,17H2,1-4H3. The van der Waals surface area contributed by atoms with Gasteiger partial charge in [0.25, 0.3) is 5.91 Å². The summed E-state index contributed by atoms with van der Waals surface area (Å²) in [5, 5.41) is 5.44. The number of carbonyl (C=O) groups is 1. The summed E-state index contributed by atoms with van der Waals surface area (Å²) < 4.78 is 1.88. The maximum atomic E-state index is 13.3. The maximum absolute atomic E-state index is 13.3. The molecule has 1 unspecified atom stereocenters. The van der Waals surface area contributed by atoms with Crippen LogP contribution in [0, 0.1) is 13.8 Å². The Hall–Kier alpha value is -2.89. The van der Waals surface area contributed by atoms with Crippen LogP contribution in [0.25, 0.3) is 17.8 Å². The molecule has 1 aromatic heterocycles. The summed E-state index contributed by atoms with van der Waals surface area (Å²) in [4.78, 5) is 17.4. The lowest BCUT2D eigenvalue weighted by atomic mass is 10.1. The van der Waals surface area contributed by atoms with Crippen molar-refractivity contribution in [1.82, 2.24) is 19.6 Å². The van der Waals surface area contributed by atoms with E-state index in [0.717, 1.165) is 52.7 Å². The van der Waals surface area contributed by atoms with Crippen LogP contribution in [0.3, 0.4) is 0 Å². The summed E-state index contributed by atoms with van der Waals surface area (Å²) in [7, 11) is 4.14. The number of nitrogens with zero attached hydrogens (tertiary/aromatic N) is 4. The zero-order chi connectivity index (χ0) is 22.8. The first-order valence-corrected chi connectivity index (χ1v) is 11.3. The molecule has 4 rings (SSSR count). The molecule has 1 fully saturated rings. The Morgan fingerprint density at radius 3 is 2.50 bits per heavy atom. The lowest BCUT2D eigenvalue weighted by Crippen LogP contribution is -2.34. The van der Waals surface area contributed by atoms with Crippen molar-refractivity contribution in [3.8, 4) is 5.69 Å². The lowest BCUT2D eigenvalue weighted by Gasteiger charge is -2.20. The van der Waals surface area contributed by atoms with Gasteiger partial charge in [-0.3, -0.25) is 4.79 Å². The molecule has 0 bridgehead atoms. The van der Waals surface area contributed by atoms with Gasteiger partial charge < -0.3 is 9.80 Å². The molecular formula is C26H29ClN4O. The number of hydrogen-bond donors (Lipinski definition) is 0. The van der Waals surface area contributed by atoms with E-state index in [9.17, 15) is 4.79 Å². The molecule has 0 radical (unpaired) electrons. The predicted octanol–water partition coefficient (Wildman–Crippen LogP) is 5.09. The summed E-state index contributed by atoms with van der Waals surface area (Å²) in [5.74, 6) is 0.0781. The fourth-order valence-electron chi connectivity index (χ4n) is 4.24. The highest BCUT2D eigenvalue weighted by Gasteiger charge is 2.31. The highest BCUT2D eigenvalue weighted by atomic mass is 35.5. The normalized spacial score (nSPS) is 16.4. The summed E-state index contributed by atoms with van der Waals surface area (Å²) in [5.41, 5.74) is 5.44. The molecule has 0 N–H and O–H groups in total. The Labute approximate surface area is 194 Å². The van der Waals surface area contributed by atoms with E-state index < -0.39 is 0 Å². The molecule has 6 heteroatoms. The summed E-state index contributed by atoms with van der Waals surface area (Å²) in [6.07, 6.45) is 5.13. The van der Waals surface area contributed by atoms with E-state index in [1.54, 1.807) is 0 Å². The van der Waals surface area contributed by atoms with E-state index in [2.05, 4.69) is 43.3 Å². The Balaban J connectivity index is 1.58. The Morgan fingerprint density at radius 1 is 1.09 bits per heavy atom. The third kappa shape index (κ3) is 4.64. The Bertz CT molecular complexity index is 1150. The van der Waals surface area contributed by atoms with Crippen LogP contribution < -0.4 is 0 Å². The van der Waals surface area contributed by atoms with Crippen LogP contribution in [0.1, 0.15) is 39.3 Å². The average molecular weight is 449 g/mol. The van der Waals surface area contributed by atoms with Gasteiger partial charge >= 0.3 is 0 Å². The number of halogens is 1. The molecule has 0 aliphatic carbocycles. The summed E-state index contributed by atoms with van der Waals surface area (Å²) in [6.45, 7) is 5.45. The summed E-state index contributed by atoms with van der Waals surface area (Å²) >= 11 is 5.97. The number of benzene rings is 2. The number of rotatable bonds is 5. The van der Waals surface area contributed by atoms with Crippen LogP contribution in [-0.4, -0.2) is 58.7 Å². The van der Waals surface area contributed by atoms with Crippen LogP contribution in [0.4, 0.5) is 0 Å². The topological polar surface area (TPSA) is 41.4 Å². The van der Waals surface area contributed by atoms with Gasteiger partial charge in [-0.05, 0) is 69.8 Å². The second-order valence-electron chi connectivity index (χ2n) is 8.59. The Morgan fingerprint density at radius 2 is 1.81 bits per heavy atom. The minimum Gasteiger partial charge on any atom is -0.337 e. The smallest absolute Gasteiger partial charge is 0.257 e. The molecular weight excluding hydrogens is 420 g/mol. The molecule has 3 aromatic rings. The number of likely N-dealkylation sites (N-methyl/N-ethyl adjacent to an activating group) is 1. The van der Waals surface area contributed by atoms with Gasteiger partial charge in [-0.1, -0.05) is 48.0 Å². The number of hydrogen-bond acceptors (Lipinski definition) is 3. The monoisotopic (exact) mass is 448 g/mol. The average Bonchev–Trinajstić information content (AvgIpc) is 3.38. The minimum absolute atomic E-state index is 0.0781. The SMILES string of the molecule is Cc1nn(-c2cccc(C=Cc3ccc(Cl)cc3)c2)c(C)c1C(=O)N1CCC(N(C)C)C1. The molecule has 1 aliphatic heterocycles. The quantitative estimate of drug-likeness (QED) is 0.510. The van der Waals surface area contributed by atoms with Gasteiger partial charge in [0.2, 0.25) is 0 Å². The van der Waals surface area contributed by atoms with Gasteiger partial charge in [0.1, 0.15) is 0 Å². The highest BCUT2D eigenvalue weighted by molar-refractivity contribution is 6.30. The zero-order valence-corrected chi connectivity index (χ0v) is 19.8. The van der Waals surface area contributed by atoms with Gasteiger partial charge in [-0.25, -0.2) is 4.68 Å². The van der Waals surface area contributed by atoms with Crippen molar-refractivity contribution in [2.24, 2.45) is 0 Å². The predicted molar refractivity (Wildman–Crippen MR) is 131 cm³/mol. The van der Waals surface area contributed by atoms with E-state index >= 15 is 0 Å². The third-order valence-electron chi connectivity index (χ3n) is 6.14. The number of aryl methyl sites for hydroxylation is 1. The van der Waals surface area contributed by atoms with Gasteiger partial charge in [0.05, 0.1) is 22.6 Å². The number of amides is 1. The van der Waals surface area contributed by atoms with E-state index in [1.807, 2.05) is 59.8 Å². The van der Waals surface area contributed by atoms with Crippen molar-refractivity contribution in [1.29, 1.82) is 0 Å². The van der Waals surface area contributed by atoms with Gasteiger partial charge in [-0.15, -0.1) is 0 Å². The highest BCUT2D eigenvalue weighted by Crippen LogP contribution is 2.24. The molecule has 1 aliphatic rings. The van der Waals surface area contributed by atoms with Crippen LogP contribution in [0.5, 0.6) is 0 Å². The molecule has 0 saturated carbocycles. The third-order valence-corrected chi connectivity index (χ3v) is 6.39. The van der Waals surface area contributed by atoms with Crippen LogP contribution in [-0.2, 0) is 0 Å². The van der Waals surface area contributed by atoms with Crippen LogP contribution in [0.15, 0.2) is 48.5 Å². The van der Waals surface area contributed by atoms with E-state index in [1.165, 1.54) is 0 Å². The number of aromatic nitrogens is 2. The second kappa shape index (κ2) is 9.31. The van der Waals surface area contributed by atoms with Gasteiger partial charge in [-0.2, -0.15) is 5.10 Å². The molecule has 32 heavy (non-hydrogen) atoms. The molecule has 2 heterocycles. The molecule has 166 valence electrons. The molecule has 1 atom stereocenters. The molecule has 2 aromatic carbocycles. The van der Waals surface area contributed by atoms with Crippen molar-refractivity contribution in [3.63, 3.8) is 0 Å². The van der Waals surface area contributed by atoms with E-state index in [4.69, 9.17) is 16.7 Å². The second-order valence-corrected chi connectivity index (χ2v) is 9.03. The van der Waals surface area contributed by atoms with Crippen molar-refractivity contribution in [3.05, 3.63) is 81.6 Å². The zero-order valence-electron chi connectivity index (χ0n) is 19.0. The van der Waals surface area contributed by atoms with Gasteiger partial charge in [0, 0.05) is 24.2 Å². The van der Waals surface area contributed by atoms with Crippen LogP contribution in [0.2, 0.25) is 5.02 Å². The number of likely N-dealkylation sites (tertiary alicyclic amines) is 1. The Kier molecular flexibility index (Phi) is 6.49. The largest absolute Gasteiger partial charge is 0.337 e. The fraction of sp³-hybridized carbons (Fsp3) is 0.308. The summed E-state index contributed by atoms with van der Waals surface area (Å²) in [6, 6.07) is 16.3. The first-order chi connectivity index (χ1) is 15.3. The van der Waals surface area contributed by atoms with Gasteiger partial charge in [0.15, 0.2) is 0 Å². The molecule has 1 amide bonds. The maximum Gasteiger partial charge on any atom is 0.257 e. The van der Waals surface area contributed by atoms with Crippen molar-refractivity contribution >= 4 is 29.7 Å². The molecule has 5 nitrogen and oxygen atoms in total. The minimum atomic E-state index is 0.0781. The fourth-order valence-corrected chi connectivity index (χ4v) is 4.36. The lowest BCUT2D eigenvalue weighted by molar-refractivity contribution is 0.0781. The molecule has 1 saturated heterocycles. The van der Waals surface area contributed by atoms with Crippen molar-refractivity contribution in [2.75, 3.05) is 27.2 Å².